The molecule has 5 nitrogen and oxygen atoms in total. The van der Waals surface area contributed by atoms with E-state index in [1.165, 1.54) is 0 Å². The SMILES string of the molecule is CCCNCC(=O)NC(C)c1ccc(OC)c(OC)c1. The highest BCUT2D eigenvalue weighted by molar-refractivity contribution is 5.78. The van der Waals surface area contributed by atoms with Gasteiger partial charge in [-0.3, -0.25) is 4.79 Å². The van der Waals surface area contributed by atoms with Crippen LogP contribution in [0.25, 0.3) is 0 Å². The van der Waals surface area contributed by atoms with Crippen molar-refractivity contribution in [3.8, 4) is 11.5 Å². The summed E-state index contributed by atoms with van der Waals surface area (Å²) in [6.07, 6.45) is 1.01. The zero-order chi connectivity index (χ0) is 15.0. The Balaban J connectivity index is 2.63. The molecule has 0 saturated carbocycles. The minimum atomic E-state index is -0.0780. The minimum absolute atomic E-state index is 0.0132. The number of methoxy groups -OCH3 is 2. The van der Waals surface area contributed by atoms with Crippen LogP contribution in [0, 0.1) is 0 Å². The predicted octanol–water partition coefficient (Wildman–Crippen LogP) is 1.88. The number of carbonyl (C=O) groups excluding carboxylic acids is 1. The molecule has 112 valence electrons. The van der Waals surface area contributed by atoms with Crippen LogP contribution in [-0.4, -0.2) is 33.2 Å². The van der Waals surface area contributed by atoms with Gasteiger partial charge in [0.05, 0.1) is 26.8 Å². The van der Waals surface area contributed by atoms with Gasteiger partial charge in [-0.05, 0) is 37.6 Å². The number of rotatable bonds is 8. The van der Waals surface area contributed by atoms with Crippen LogP contribution in [0.15, 0.2) is 18.2 Å². The molecule has 1 aromatic rings. The zero-order valence-electron chi connectivity index (χ0n) is 12.7. The lowest BCUT2D eigenvalue weighted by Crippen LogP contribution is -2.35. The topological polar surface area (TPSA) is 59.6 Å². The molecule has 0 bridgehead atoms. The van der Waals surface area contributed by atoms with Crippen LogP contribution in [0.5, 0.6) is 11.5 Å². The van der Waals surface area contributed by atoms with Crippen LogP contribution in [0.4, 0.5) is 0 Å². The number of nitrogens with one attached hydrogen (secondary N) is 2. The average molecular weight is 280 g/mol. The van der Waals surface area contributed by atoms with Crippen molar-refractivity contribution in [2.75, 3.05) is 27.3 Å². The largest absolute Gasteiger partial charge is 0.493 e. The van der Waals surface area contributed by atoms with Crippen LogP contribution < -0.4 is 20.1 Å². The lowest BCUT2D eigenvalue weighted by Gasteiger charge is -2.16. The molecule has 2 N–H and O–H groups in total. The van der Waals surface area contributed by atoms with E-state index in [4.69, 9.17) is 9.47 Å². The lowest BCUT2D eigenvalue weighted by atomic mass is 10.1. The van der Waals surface area contributed by atoms with Crippen molar-refractivity contribution in [2.45, 2.75) is 26.3 Å². The average Bonchev–Trinajstić information content (AvgIpc) is 2.46. The van der Waals surface area contributed by atoms with E-state index < -0.39 is 0 Å². The third-order valence-electron chi connectivity index (χ3n) is 3.00. The molecule has 1 aromatic carbocycles. The van der Waals surface area contributed by atoms with Crippen LogP contribution in [0.2, 0.25) is 0 Å². The van der Waals surface area contributed by atoms with Crippen LogP contribution in [-0.2, 0) is 4.79 Å². The summed E-state index contributed by atoms with van der Waals surface area (Å²) in [4.78, 5) is 11.7. The lowest BCUT2D eigenvalue weighted by molar-refractivity contribution is -0.120. The first kappa shape index (κ1) is 16.3. The third kappa shape index (κ3) is 4.74. The van der Waals surface area contributed by atoms with Crippen LogP contribution in [0.1, 0.15) is 31.9 Å². The quantitative estimate of drug-likeness (QED) is 0.714. The van der Waals surface area contributed by atoms with E-state index in [9.17, 15) is 4.79 Å². The summed E-state index contributed by atoms with van der Waals surface area (Å²) < 4.78 is 10.5. The molecule has 0 aliphatic rings. The van der Waals surface area contributed by atoms with E-state index in [0.29, 0.717) is 18.0 Å². The summed E-state index contributed by atoms with van der Waals surface area (Å²) >= 11 is 0. The normalized spacial score (nSPS) is 11.8. The van der Waals surface area contributed by atoms with Gasteiger partial charge in [-0.1, -0.05) is 13.0 Å². The molecule has 0 aliphatic carbocycles. The first-order valence-corrected chi connectivity index (χ1v) is 6.84. The molecular formula is C15H24N2O3. The molecular weight excluding hydrogens is 256 g/mol. The maximum Gasteiger partial charge on any atom is 0.234 e. The number of ether oxygens (including phenoxy) is 2. The Morgan fingerprint density at radius 2 is 1.95 bits per heavy atom. The summed E-state index contributed by atoms with van der Waals surface area (Å²) in [5.74, 6) is 1.33. The van der Waals surface area contributed by atoms with Crippen molar-refractivity contribution < 1.29 is 14.3 Å². The van der Waals surface area contributed by atoms with Crippen molar-refractivity contribution >= 4 is 5.91 Å². The third-order valence-corrected chi connectivity index (χ3v) is 3.00. The van der Waals surface area contributed by atoms with Crippen molar-refractivity contribution in [1.29, 1.82) is 0 Å². The number of hydrogen-bond donors (Lipinski definition) is 2. The Bertz CT molecular complexity index is 435. The van der Waals surface area contributed by atoms with Gasteiger partial charge in [0.2, 0.25) is 5.91 Å². The van der Waals surface area contributed by atoms with E-state index in [0.717, 1.165) is 18.5 Å². The monoisotopic (exact) mass is 280 g/mol. The Labute approximate surface area is 120 Å². The maximum absolute atomic E-state index is 11.7. The number of hydrogen-bond acceptors (Lipinski definition) is 4. The van der Waals surface area contributed by atoms with Gasteiger partial charge in [-0.15, -0.1) is 0 Å². The van der Waals surface area contributed by atoms with E-state index >= 15 is 0 Å². The summed E-state index contributed by atoms with van der Waals surface area (Å²) in [7, 11) is 3.20. The molecule has 0 radical (unpaired) electrons. The summed E-state index contributed by atoms with van der Waals surface area (Å²) in [5.41, 5.74) is 0.978. The molecule has 0 heterocycles. The van der Waals surface area contributed by atoms with E-state index in [1.54, 1.807) is 14.2 Å². The second-order valence-corrected chi connectivity index (χ2v) is 4.58. The van der Waals surface area contributed by atoms with E-state index in [1.807, 2.05) is 25.1 Å². The predicted molar refractivity (Wildman–Crippen MR) is 79.3 cm³/mol. The van der Waals surface area contributed by atoms with Crippen molar-refractivity contribution in [3.63, 3.8) is 0 Å². The Kier molecular flexibility index (Phi) is 6.87. The Morgan fingerprint density at radius 3 is 2.55 bits per heavy atom. The molecule has 1 unspecified atom stereocenters. The first-order valence-electron chi connectivity index (χ1n) is 6.84. The van der Waals surface area contributed by atoms with Gasteiger partial charge in [0, 0.05) is 0 Å². The fourth-order valence-corrected chi connectivity index (χ4v) is 1.88. The van der Waals surface area contributed by atoms with Gasteiger partial charge >= 0.3 is 0 Å². The van der Waals surface area contributed by atoms with Gasteiger partial charge < -0.3 is 20.1 Å². The Morgan fingerprint density at radius 1 is 1.25 bits per heavy atom. The highest BCUT2D eigenvalue weighted by atomic mass is 16.5. The van der Waals surface area contributed by atoms with Gasteiger partial charge in [-0.2, -0.15) is 0 Å². The minimum Gasteiger partial charge on any atom is -0.493 e. The smallest absolute Gasteiger partial charge is 0.234 e. The van der Waals surface area contributed by atoms with Crippen LogP contribution >= 0.6 is 0 Å². The molecule has 1 atom stereocenters. The van der Waals surface area contributed by atoms with Gasteiger partial charge in [0.25, 0.3) is 0 Å². The van der Waals surface area contributed by atoms with E-state index in [-0.39, 0.29) is 11.9 Å². The summed E-state index contributed by atoms with van der Waals surface area (Å²) in [5, 5.41) is 6.02. The molecule has 5 heteroatoms. The second kappa shape index (κ2) is 8.43. The molecule has 1 amide bonds. The fraction of sp³-hybridized carbons (Fsp3) is 0.533. The molecule has 1 rings (SSSR count). The highest BCUT2D eigenvalue weighted by Crippen LogP contribution is 2.29. The van der Waals surface area contributed by atoms with E-state index in [2.05, 4.69) is 17.6 Å². The summed E-state index contributed by atoms with van der Waals surface area (Å²) in [6.45, 7) is 5.19. The molecule has 0 aromatic heterocycles. The van der Waals surface area contributed by atoms with Crippen molar-refractivity contribution in [3.05, 3.63) is 23.8 Å². The van der Waals surface area contributed by atoms with Gasteiger partial charge in [0.15, 0.2) is 11.5 Å². The second-order valence-electron chi connectivity index (χ2n) is 4.58. The zero-order valence-corrected chi connectivity index (χ0v) is 12.7. The number of amides is 1. The molecule has 0 saturated heterocycles. The van der Waals surface area contributed by atoms with Crippen LogP contribution in [0.3, 0.4) is 0 Å². The fourth-order valence-electron chi connectivity index (χ4n) is 1.88. The Hall–Kier alpha value is -1.75. The molecule has 0 aliphatic heterocycles. The molecule has 20 heavy (non-hydrogen) atoms. The number of carbonyl (C=O) groups is 1. The summed E-state index contributed by atoms with van der Waals surface area (Å²) in [6, 6.07) is 5.56. The van der Waals surface area contributed by atoms with Gasteiger partial charge in [-0.25, -0.2) is 0 Å². The maximum atomic E-state index is 11.7. The molecule has 0 fully saturated rings. The number of benzene rings is 1. The van der Waals surface area contributed by atoms with Gasteiger partial charge in [0.1, 0.15) is 0 Å². The standard InChI is InChI=1S/C15H24N2O3/c1-5-8-16-10-15(18)17-11(2)12-6-7-13(19-3)14(9-12)20-4/h6-7,9,11,16H,5,8,10H2,1-4H3,(H,17,18). The highest BCUT2D eigenvalue weighted by Gasteiger charge is 2.12. The first-order chi connectivity index (χ1) is 9.62. The molecule has 0 spiro atoms. The van der Waals surface area contributed by atoms with Crippen molar-refractivity contribution in [2.24, 2.45) is 0 Å². The van der Waals surface area contributed by atoms with Crippen molar-refractivity contribution in [1.82, 2.24) is 10.6 Å².